The van der Waals surface area contributed by atoms with Crippen LogP contribution in [0.1, 0.15) is 39.2 Å². The van der Waals surface area contributed by atoms with Crippen LogP contribution in [0.15, 0.2) is 12.1 Å². The van der Waals surface area contributed by atoms with Crippen LogP contribution < -0.4 is 5.32 Å². The van der Waals surface area contributed by atoms with E-state index in [4.69, 9.17) is 11.6 Å². The molecular formula is C15H16ClF3N4O. The SMILES string of the molecule is CC(C)(C(=O)Nc1nc2ccc(Cl)nc2n1C1CCC1)C(F)(F)F. The molecule has 1 N–H and O–H groups in total. The van der Waals surface area contributed by atoms with Crippen molar-refractivity contribution < 1.29 is 18.0 Å². The molecule has 0 bridgehead atoms. The summed E-state index contributed by atoms with van der Waals surface area (Å²) in [6.07, 6.45) is -1.95. The van der Waals surface area contributed by atoms with Gasteiger partial charge in [-0.2, -0.15) is 13.2 Å². The van der Waals surface area contributed by atoms with Gasteiger partial charge in [-0.25, -0.2) is 9.97 Å². The summed E-state index contributed by atoms with van der Waals surface area (Å²) in [7, 11) is 0. The molecule has 0 aromatic carbocycles. The Morgan fingerprint density at radius 3 is 2.50 bits per heavy atom. The summed E-state index contributed by atoms with van der Waals surface area (Å²) < 4.78 is 40.9. The molecule has 1 aliphatic carbocycles. The molecule has 0 spiro atoms. The van der Waals surface area contributed by atoms with Gasteiger partial charge in [0, 0.05) is 6.04 Å². The van der Waals surface area contributed by atoms with E-state index in [1.807, 2.05) is 0 Å². The molecule has 0 aliphatic heterocycles. The molecule has 1 saturated carbocycles. The molecule has 1 aliphatic rings. The Hall–Kier alpha value is -1.83. The van der Waals surface area contributed by atoms with Crippen LogP contribution in [0, 0.1) is 5.41 Å². The van der Waals surface area contributed by atoms with Crippen LogP contribution in [0.4, 0.5) is 19.1 Å². The second-order valence-corrected chi connectivity index (χ2v) is 6.83. The molecule has 1 fully saturated rings. The number of carbonyl (C=O) groups is 1. The number of carbonyl (C=O) groups excluding carboxylic acids is 1. The third kappa shape index (κ3) is 2.72. The van der Waals surface area contributed by atoms with Crippen molar-refractivity contribution in [2.75, 3.05) is 5.32 Å². The number of fused-ring (bicyclic) bond motifs is 1. The van der Waals surface area contributed by atoms with Crippen molar-refractivity contribution in [1.82, 2.24) is 14.5 Å². The van der Waals surface area contributed by atoms with Gasteiger partial charge in [0.15, 0.2) is 5.65 Å². The van der Waals surface area contributed by atoms with Gasteiger partial charge >= 0.3 is 6.18 Å². The molecule has 0 unspecified atom stereocenters. The first kappa shape index (κ1) is 17.0. The van der Waals surface area contributed by atoms with Gasteiger partial charge in [-0.1, -0.05) is 11.6 Å². The number of nitrogens with one attached hydrogen (secondary N) is 1. The minimum absolute atomic E-state index is 0.0465. The molecule has 0 atom stereocenters. The van der Waals surface area contributed by atoms with E-state index < -0.39 is 17.5 Å². The predicted octanol–water partition coefficient (Wildman–Crippen LogP) is 4.34. The van der Waals surface area contributed by atoms with E-state index in [0.717, 1.165) is 33.1 Å². The number of halogens is 4. The molecule has 0 saturated heterocycles. The van der Waals surface area contributed by atoms with Crippen molar-refractivity contribution in [2.24, 2.45) is 5.41 Å². The zero-order valence-corrected chi connectivity index (χ0v) is 13.9. The third-order valence-electron chi connectivity index (χ3n) is 4.44. The number of nitrogens with zero attached hydrogens (tertiary/aromatic N) is 3. The maximum absolute atomic E-state index is 13.1. The highest BCUT2D eigenvalue weighted by Crippen LogP contribution is 2.40. The second kappa shape index (κ2) is 5.61. The predicted molar refractivity (Wildman–Crippen MR) is 83.9 cm³/mol. The van der Waals surface area contributed by atoms with Crippen LogP contribution in [-0.4, -0.2) is 26.6 Å². The first-order chi connectivity index (χ1) is 11.1. The Bertz CT molecular complexity index is 796. The molecule has 2 aromatic heterocycles. The van der Waals surface area contributed by atoms with Gasteiger partial charge in [0.1, 0.15) is 16.1 Å². The number of amides is 1. The van der Waals surface area contributed by atoms with Gasteiger partial charge in [-0.3, -0.25) is 14.7 Å². The molecule has 1 amide bonds. The standard InChI is InChI=1S/C15H16ClF3N4O/c1-14(2,15(17,18)19)12(24)22-13-20-9-6-7-10(16)21-11(9)23(13)8-4-3-5-8/h6-8H,3-5H2,1-2H3,(H,20,22,24). The fourth-order valence-corrected chi connectivity index (χ4v) is 2.56. The minimum Gasteiger partial charge on any atom is -0.295 e. The van der Waals surface area contributed by atoms with Crippen molar-refractivity contribution >= 4 is 34.6 Å². The summed E-state index contributed by atoms with van der Waals surface area (Å²) in [6, 6.07) is 3.22. The van der Waals surface area contributed by atoms with Gasteiger partial charge in [-0.05, 0) is 45.2 Å². The number of alkyl halides is 3. The number of pyridine rings is 1. The quantitative estimate of drug-likeness (QED) is 0.828. The number of imidazole rings is 1. The average Bonchev–Trinajstić information content (AvgIpc) is 2.74. The number of hydrogen-bond donors (Lipinski definition) is 1. The Morgan fingerprint density at radius 2 is 1.96 bits per heavy atom. The number of rotatable bonds is 3. The van der Waals surface area contributed by atoms with E-state index in [1.54, 1.807) is 16.7 Å². The van der Waals surface area contributed by atoms with E-state index in [0.29, 0.717) is 11.2 Å². The molecule has 130 valence electrons. The zero-order valence-electron chi connectivity index (χ0n) is 13.1. The highest BCUT2D eigenvalue weighted by atomic mass is 35.5. The van der Waals surface area contributed by atoms with Crippen LogP contribution in [-0.2, 0) is 4.79 Å². The summed E-state index contributed by atoms with van der Waals surface area (Å²) in [5, 5.41) is 2.59. The van der Waals surface area contributed by atoms with Crippen molar-refractivity contribution in [1.29, 1.82) is 0 Å². The normalized spacial score (nSPS) is 16.2. The lowest BCUT2D eigenvalue weighted by molar-refractivity contribution is -0.208. The third-order valence-corrected chi connectivity index (χ3v) is 4.66. The molecule has 2 heterocycles. The van der Waals surface area contributed by atoms with Gasteiger partial charge in [0.2, 0.25) is 11.9 Å². The topological polar surface area (TPSA) is 59.8 Å². The summed E-state index contributed by atoms with van der Waals surface area (Å²) in [6.45, 7) is 1.68. The summed E-state index contributed by atoms with van der Waals surface area (Å²) >= 11 is 5.92. The Labute approximate surface area is 141 Å². The van der Waals surface area contributed by atoms with Crippen LogP contribution in [0.3, 0.4) is 0 Å². The van der Waals surface area contributed by atoms with E-state index in [-0.39, 0.29) is 17.1 Å². The van der Waals surface area contributed by atoms with Crippen molar-refractivity contribution in [3.8, 4) is 0 Å². The van der Waals surface area contributed by atoms with Crippen LogP contribution in [0.2, 0.25) is 5.15 Å². The highest BCUT2D eigenvalue weighted by molar-refractivity contribution is 6.29. The summed E-state index contributed by atoms with van der Waals surface area (Å²) in [5.41, 5.74) is -1.58. The number of aromatic nitrogens is 3. The maximum atomic E-state index is 13.1. The van der Waals surface area contributed by atoms with Crippen LogP contribution in [0.5, 0.6) is 0 Å². The average molecular weight is 361 g/mol. The van der Waals surface area contributed by atoms with E-state index in [9.17, 15) is 18.0 Å². The lowest BCUT2D eigenvalue weighted by atomic mass is 9.91. The van der Waals surface area contributed by atoms with Gasteiger partial charge in [0.25, 0.3) is 0 Å². The van der Waals surface area contributed by atoms with Crippen molar-refractivity contribution in [3.63, 3.8) is 0 Å². The van der Waals surface area contributed by atoms with E-state index >= 15 is 0 Å². The van der Waals surface area contributed by atoms with Crippen molar-refractivity contribution in [3.05, 3.63) is 17.3 Å². The Morgan fingerprint density at radius 1 is 1.29 bits per heavy atom. The zero-order chi connectivity index (χ0) is 17.7. The molecular weight excluding hydrogens is 345 g/mol. The van der Waals surface area contributed by atoms with Crippen LogP contribution in [0.25, 0.3) is 11.2 Å². The monoisotopic (exact) mass is 360 g/mol. The summed E-state index contributed by atoms with van der Waals surface area (Å²) in [5.74, 6) is -1.08. The van der Waals surface area contributed by atoms with Gasteiger partial charge < -0.3 is 0 Å². The molecule has 5 nitrogen and oxygen atoms in total. The molecule has 3 rings (SSSR count). The summed E-state index contributed by atoms with van der Waals surface area (Å²) in [4.78, 5) is 20.6. The number of anilines is 1. The largest absolute Gasteiger partial charge is 0.402 e. The van der Waals surface area contributed by atoms with E-state index in [2.05, 4.69) is 15.3 Å². The van der Waals surface area contributed by atoms with Gasteiger partial charge in [-0.15, -0.1) is 0 Å². The highest BCUT2D eigenvalue weighted by Gasteiger charge is 2.53. The molecule has 24 heavy (non-hydrogen) atoms. The Balaban J connectivity index is 2.02. The first-order valence-corrected chi connectivity index (χ1v) is 7.92. The Kier molecular flexibility index (Phi) is 3.98. The minimum atomic E-state index is -4.66. The fraction of sp³-hybridized carbons (Fsp3) is 0.533. The smallest absolute Gasteiger partial charge is 0.295 e. The van der Waals surface area contributed by atoms with E-state index in [1.165, 1.54) is 0 Å². The maximum Gasteiger partial charge on any atom is 0.402 e. The molecule has 9 heteroatoms. The molecule has 0 radical (unpaired) electrons. The van der Waals surface area contributed by atoms with Gasteiger partial charge in [0.05, 0.1) is 0 Å². The lowest BCUT2D eigenvalue weighted by Gasteiger charge is -2.30. The first-order valence-electron chi connectivity index (χ1n) is 7.54. The lowest BCUT2D eigenvalue weighted by Crippen LogP contribution is -2.43. The second-order valence-electron chi connectivity index (χ2n) is 6.44. The van der Waals surface area contributed by atoms with Crippen LogP contribution >= 0.6 is 11.6 Å². The number of hydrogen-bond acceptors (Lipinski definition) is 3. The molecule has 2 aromatic rings. The fourth-order valence-electron chi connectivity index (χ4n) is 2.42. The van der Waals surface area contributed by atoms with Crippen molar-refractivity contribution in [2.45, 2.75) is 45.3 Å².